The largest absolute Gasteiger partial charge is 0.348 e. The van der Waals surface area contributed by atoms with Crippen LogP contribution in [0.15, 0.2) is 54.7 Å². The number of hydrogen-bond acceptors (Lipinski definition) is 3. The van der Waals surface area contributed by atoms with Crippen LogP contribution in [-0.2, 0) is 11.3 Å². The van der Waals surface area contributed by atoms with Crippen molar-refractivity contribution in [1.29, 1.82) is 0 Å². The molecule has 0 aliphatic carbocycles. The van der Waals surface area contributed by atoms with Crippen LogP contribution in [0, 0.1) is 12.8 Å². The van der Waals surface area contributed by atoms with E-state index < -0.39 is 0 Å². The number of hydrogen-bond donors (Lipinski definition) is 2. The molecular weight excluding hydrogens is 400 g/mol. The molecule has 1 aromatic heterocycles. The summed E-state index contributed by atoms with van der Waals surface area (Å²) < 4.78 is 1.84. The van der Waals surface area contributed by atoms with Crippen molar-refractivity contribution in [3.05, 3.63) is 77.1 Å². The van der Waals surface area contributed by atoms with Crippen LogP contribution in [0.3, 0.4) is 0 Å². The quantitative estimate of drug-likeness (QED) is 0.512. The summed E-state index contributed by atoms with van der Waals surface area (Å²) >= 11 is 0. The maximum Gasteiger partial charge on any atom is 0.255 e. The van der Waals surface area contributed by atoms with Crippen LogP contribution in [0.2, 0.25) is 0 Å². The lowest BCUT2D eigenvalue weighted by atomic mass is 10.0. The first kappa shape index (κ1) is 23.3. The van der Waals surface area contributed by atoms with Crippen molar-refractivity contribution in [3.63, 3.8) is 0 Å². The number of nitrogens with one attached hydrogen (secondary N) is 2. The van der Waals surface area contributed by atoms with Crippen molar-refractivity contribution in [2.75, 3.05) is 5.32 Å². The third kappa shape index (κ3) is 5.44. The first-order valence-electron chi connectivity index (χ1n) is 11.1. The molecule has 0 saturated carbocycles. The van der Waals surface area contributed by atoms with E-state index in [1.54, 1.807) is 6.20 Å². The third-order valence-electron chi connectivity index (χ3n) is 5.58. The van der Waals surface area contributed by atoms with E-state index in [0.29, 0.717) is 12.1 Å². The Kier molecular flexibility index (Phi) is 7.46. The molecule has 0 bridgehead atoms. The fraction of sp³-hybridized carbons (Fsp3) is 0.346. The smallest absolute Gasteiger partial charge is 0.255 e. The zero-order valence-corrected chi connectivity index (χ0v) is 19.5. The highest BCUT2D eigenvalue weighted by Gasteiger charge is 2.21. The van der Waals surface area contributed by atoms with Crippen LogP contribution in [0.5, 0.6) is 0 Å². The molecule has 2 amide bonds. The number of anilines is 1. The second-order valence-corrected chi connectivity index (χ2v) is 8.53. The Morgan fingerprint density at radius 1 is 1.06 bits per heavy atom. The number of rotatable bonds is 8. The molecule has 0 fully saturated rings. The van der Waals surface area contributed by atoms with Crippen LogP contribution in [0.1, 0.15) is 67.2 Å². The van der Waals surface area contributed by atoms with Crippen LogP contribution in [-0.4, -0.2) is 21.6 Å². The van der Waals surface area contributed by atoms with Gasteiger partial charge in [-0.05, 0) is 49.1 Å². The van der Waals surface area contributed by atoms with E-state index in [9.17, 15) is 9.59 Å². The molecule has 0 saturated heterocycles. The minimum atomic E-state index is -0.166. The van der Waals surface area contributed by atoms with Crippen molar-refractivity contribution in [3.8, 4) is 5.69 Å². The highest BCUT2D eigenvalue weighted by Crippen LogP contribution is 2.23. The molecule has 2 aromatic carbocycles. The summed E-state index contributed by atoms with van der Waals surface area (Å²) in [5, 5.41) is 10.4. The predicted molar refractivity (Wildman–Crippen MR) is 128 cm³/mol. The lowest BCUT2D eigenvalue weighted by Crippen LogP contribution is -2.24. The first-order valence-corrected chi connectivity index (χ1v) is 11.1. The van der Waals surface area contributed by atoms with Gasteiger partial charge in [-0.1, -0.05) is 57.5 Å². The SMILES string of the molecule is CCC(C)C(=O)Nc1cccc(CNC(=O)c2cnn(-c3ccc(C)cc3)c2C(C)C)c1. The Morgan fingerprint density at radius 2 is 1.78 bits per heavy atom. The second-order valence-electron chi connectivity index (χ2n) is 8.53. The molecule has 1 heterocycles. The molecule has 0 radical (unpaired) electrons. The van der Waals surface area contributed by atoms with Crippen molar-refractivity contribution >= 4 is 17.5 Å². The van der Waals surface area contributed by atoms with Crippen LogP contribution in [0.25, 0.3) is 5.69 Å². The van der Waals surface area contributed by atoms with Gasteiger partial charge < -0.3 is 10.6 Å². The monoisotopic (exact) mass is 432 g/mol. The Labute approximate surface area is 190 Å². The van der Waals surface area contributed by atoms with Crippen LogP contribution in [0.4, 0.5) is 5.69 Å². The molecule has 0 aliphatic heterocycles. The molecular formula is C26H32N4O2. The van der Waals surface area contributed by atoms with Gasteiger partial charge >= 0.3 is 0 Å². The number of benzene rings is 2. The van der Waals surface area contributed by atoms with Crippen molar-refractivity contribution < 1.29 is 9.59 Å². The molecule has 168 valence electrons. The molecule has 3 rings (SSSR count). The Bertz CT molecular complexity index is 1080. The normalized spacial score (nSPS) is 11.9. The minimum absolute atomic E-state index is 0.00113. The topological polar surface area (TPSA) is 76.0 Å². The Hall–Kier alpha value is -3.41. The summed E-state index contributed by atoms with van der Waals surface area (Å²) in [6.07, 6.45) is 2.42. The molecule has 6 heteroatoms. The fourth-order valence-electron chi connectivity index (χ4n) is 3.47. The van der Waals surface area contributed by atoms with Crippen LogP contribution < -0.4 is 10.6 Å². The van der Waals surface area contributed by atoms with Crippen molar-refractivity contribution in [2.45, 2.75) is 53.5 Å². The van der Waals surface area contributed by atoms with E-state index >= 15 is 0 Å². The summed E-state index contributed by atoms with van der Waals surface area (Å²) in [5.74, 6) is -0.0867. The molecule has 32 heavy (non-hydrogen) atoms. The van der Waals surface area contributed by atoms with Crippen molar-refractivity contribution in [2.24, 2.45) is 5.92 Å². The van der Waals surface area contributed by atoms with E-state index in [-0.39, 0.29) is 23.7 Å². The maximum atomic E-state index is 13.0. The second kappa shape index (κ2) is 10.3. The highest BCUT2D eigenvalue weighted by molar-refractivity contribution is 5.95. The summed E-state index contributed by atoms with van der Waals surface area (Å²) in [5.41, 5.74) is 5.20. The van der Waals surface area contributed by atoms with E-state index in [0.717, 1.165) is 29.1 Å². The average molecular weight is 433 g/mol. The van der Waals surface area contributed by atoms with Crippen LogP contribution >= 0.6 is 0 Å². The molecule has 6 nitrogen and oxygen atoms in total. The van der Waals surface area contributed by atoms with Crippen molar-refractivity contribution in [1.82, 2.24) is 15.1 Å². The van der Waals surface area contributed by atoms with Gasteiger partial charge in [0.25, 0.3) is 5.91 Å². The number of aryl methyl sites for hydroxylation is 1. The summed E-state index contributed by atoms with van der Waals surface area (Å²) in [6, 6.07) is 15.6. The van der Waals surface area contributed by atoms with Gasteiger partial charge in [0.05, 0.1) is 23.1 Å². The minimum Gasteiger partial charge on any atom is -0.348 e. The van der Waals surface area contributed by atoms with Gasteiger partial charge in [-0.25, -0.2) is 4.68 Å². The van der Waals surface area contributed by atoms with Gasteiger partial charge in [0.15, 0.2) is 0 Å². The van der Waals surface area contributed by atoms with Gasteiger partial charge in [0, 0.05) is 18.2 Å². The van der Waals surface area contributed by atoms with Gasteiger partial charge in [-0.15, -0.1) is 0 Å². The maximum absolute atomic E-state index is 13.0. The van der Waals surface area contributed by atoms with E-state index in [1.807, 2.05) is 74.0 Å². The van der Waals surface area contributed by atoms with Gasteiger partial charge in [-0.2, -0.15) is 5.10 Å². The van der Waals surface area contributed by atoms with E-state index in [4.69, 9.17) is 0 Å². The molecule has 1 atom stereocenters. The predicted octanol–water partition coefficient (Wildman–Crippen LogP) is 5.22. The Morgan fingerprint density at radius 3 is 2.44 bits per heavy atom. The summed E-state index contributed by atoms with van der Waals surface area (Å²) in [4.78, 5) is 25.2. The lowest BCUT2D eigenvalue weighted by Gasteiger charge is -2.14. The number of nitrogens with zero attached hydrogens (tertiary/aromatic N) is 2. The first-order chi connectivity index (χ1) is 15.3. The molecule has 0 spiro atoms. The standard InChI is InChI=1S/C26H32N4O2/c1-6-19(5)25(31)29-21-9-7-8-20(14-21)15-27-26(32)23-16-28-30(24(23)17(2)3)22-12-10-18(4)11-13-22/h7-14,16-17,19H,6,15H2,1-5H3,(H,27,32)(H,29,31). The lowest BCUT2D eigenvalue weighted by molar-refractivity contribution is -0.119. The number of amides is 2. The Balaban J connectivity index is 1.74. The summed E-state index contributed by atoms with van der Waals surface area (Å²) in [7, 11) is 0. The van der Waals surface area contributed by atoms with Gasteiger partial charge in [0.2, 0.25) is 5.91 Å². The molecule has 2 N–H and O–H groups in total. The number of carbonyl (C=O) groups is 2. The fourth-order valence-corrected chi connectivity index (χ4v) is 3.47. The number of aromatic nitrogens is 2. The van der Waals surface area contributed by atoms with E-state index in [1.165, 1.54) is 5.56 Å². The number of carbonyl (C=O) groups excluding carboxylic acids is 2. The average Bonchev–Trinajstić information content (AvgIpc) is 3.23. The van der Waals surface area contributed by atoms with Gasteiger partial charge in [0.1, 0.15) is 0 Å². The molecule has 0 aliphatic rings. The molecule has 1 unspecified atom stereocenters. The zero-order chi connectivity index (χ0) is 23.3. The highest BCUT2D eigenvalue weighted by atomic mass is 16.2. The summed E-state index contributed by atoms with van der Waals surface area (Å²) in [6.45, 7) is 10.4. The molecule has 3 aromatic rings. The van der Waals surface area contributed by atoms with E-state index in [2.05, 4.69) is 29.6 Å². The van der Waals surface area contributed by atoms with Gasteiger partial charge in [-0.3, -0.25) is 9.59 Å². The zero-order valence-electron chi connectivity index (χ0n) is 19.5. The third-order valence-corrected chi connectivity index (χ3v) is 5.58.